The first-order valence-electron chi connectivity index (χ1n) is 7.12. The summed E-state index contributed by atoms with van der Waals surface area (Å²) in [6.45, 7) is 11.0. The Labute approximate surface area is 124 Å². The van der Waals surface area contributed by atoms with Crippen LogP contribution in [0.5, 0.6) is 0 Å². The van der Waals surface area contributed by atoms with Crippen molar-refractivity contribution >= 4 is 15.9 Å². The zero-order chi connectivity index (χ0) is 13.9. The fraction of sp³-hybridized carbons (Fsp3) is 0.786. The monoisotopic (exact) mass is 329 g/mol. The average Bonchev–Trinajstić information content (AvgIpc) is 2.97. The third-order valence-corrected chi connectivity index (χ3v) is 4.96. The molecule has 1 saturated heterocycles. The van der Waals surface area contributed by atoms with E-state index in [1.165, 1.54) is 5.69 Å². The van der Waals surface area contributed by atoms with Crippen LogP contribution in [-0.2, 0) is 17.7 Å². The van der Waals surface area contributed by atoms with Crippen molar-refractivity contribution in [3.63, 3.8) is 0 Å². The second-order valence-electron chi connectivity index (χ2n) is 5.42. The number of halogens is 1. The smallest absolute Gasteiger partial charge is 0.0738 e. The highest BCUT2D eigenvalue weighted by molar-refractivity contribution is 9.10. The minimum atomic E-state index is 0.220. The summed E-state index contributed by atoms with van der Waals surface area (Å²) in [5, 5.41) is 8.08. The first-order valence-corrected chi connectivity index (χ1v) is 7.91. The zero-order valence-electron chi connectivity index (χ0n) is 12.1. The molecule has 1 aliphatic heterocycles. The van der Waals surface area contributed by atoms with Gasteiger partial charge in [0.2, 0.25) is 0 Å². The normalized spacial score (nSPS) is 23.2. The van der Waals surface area contributed by atoms with Gasteiger partial charge in [0, 0.05) is 25.1 Å². The number of nitrogens with one attached hydrogen (secondary N) is 1. The van der Waals surface area contributed by atoms with Gasteiger partial charge in [0.1, 0.15) is 0 Å². The molecule has 0 aliphatic carbocycles. The summed E-state index contributed by atoms with van der Waals surface area (Å²) in [7, 11) is 0. The Balaban J connectivity index is 2.21. The summed E-state index contributed by atoms with van der Waals surface area (Å²) in [6.07, 6.45) is 2.15. The number of rotatable bonds is 6. The number of nitrogens with zero attached hydrogens (tertiary/aromatic N) is 2. The lowest BCUT2D eigenvalue weighted by Gasteiger charge is -2.28. The molecule has 1 unspecified atom stereocenters. The molecule has 0 bridgehead atoms. The van der Waals surface area contributed by atoms with Crippen molar-refractivity contribution in [3.05, 3.63) is 15.9 Å². The molecule has 2 heterocycles. The summed E-state index contributed by atoms with van der Waals surface area (Å²) in [5.74, 6) is 0. The summed E-state index contributed by atoms with van der Waals surface area (Å²) in [6, 6.07) is 0. The first-order chi connectivity index (χ1) is 9.12. The van der Waals surface area contributed by atoms with Gasteiger partial charge in [-0.15, -0.1) is 0 Å². The van der Waals surface area contributed by atoms with E-state index in [9.17, 15) is 0 Å². The van der Waals surface area contributed by atoms with E-state index in [4.69, 9.17) is 4.74 Å². The largest absolute Gasteiger partial charge is 0.381 e. The third-order valence-electron chi connectivity index (χ3n) is 3.93. The Morgan fingerprint density at radius 2 is 2.26 bits per heavy atom. The molecular formula is C14H24BrN3O. The Morgan fingerprint density at radius 1 is 1.47 bits per heavy atom. The van der Waals surface area contributed by atoms with Gasteiger partial charge in [-0.05, 0) is 49.2 Å². The molecule has 5 heteroatoms. The van der Waals surface area contributed by atoms with E-state index < -0.39 is 0 Å². The maximum atomic E-state index is 5.66. The Morgan fingerprint density at radius 3 is 2.84 bits per heavy atom. The van der Waals surface area contributed by atoms with E-state index in [0.29, 0.717) is 0 Å². The highest BCUT2D eigenvalue weighted by Crippen LogP contribution is 2.35. The minimum Gasteiger partial charge on any atom is -0.381 e. The van der Waals surface area contributed by atoms with Gasteiger partial charge in [-0.3, -0.25) is 4.68 Å². The van der Waals surface area contributed by atoms with Crippen LogP contribution in [0.2, 0.25) is 0 Å². The molecule has 0 aromatic carbocycles. The fourth-order valence-corrected chi connectivity index (χ4v) is 3.20. The molecule has 2 rings (SSSR count). The predicted octanol–water partition coefficient (Wildman–Crippen LogP) is 2.53. The Kier molecular flexibility index (Phi) is 5.03. The van der Waals surface area contributed by atoms with E-state index >= 15 is 0 Å². The van der Waals surface area contributed by atoms with E-state index in [2.05, 4.69) is 51.8 Å². The van der Waals surface area contributed by atoms with Gasteiger partial charge in [-0.25, -0.2) is 0 Å². The summed E-state index contributed by atoms with van der Waals surface area (Å²) >= 11 is 3.70. The highest BCUT2D eigenvalue weighted by atomic mass is 79.9. The molecule has 1 atom stereocenters. The molecule has 1 fully saturated rings. The number of ether oxygens (including phenoxy) is 1. The molecule has 1 aromatic heterocycles. The van der Waals surface area contributed by atoms with Crippen LogP contribution < -0.4 is 5.32 Å². The molecule has 1 aliphatic rings. The molecule has 1 aromatic rings. The molecular weight excluding hydrogens is 306 g/mol. The second-order valence-corrected chi connectivity index (χ2v) is 6.21. The summed E-state index contributed by atoms with van der Waals surface area (Å²) in [4.78, 5) is 0. The molecule has 19 heavy (non-hydrogen) atoms. The van der Waals surface area contributed by atoms with Crippen molar-refractivity contribution in [2.45, 2.75) is 40.2 Å². The van der Waals surface area contributed by atoms with Gasteiger partial charge in [-0.1, -0.05) is 6.92 Å². The van der Waals surface area contributed by atoms with E-state index in [1.807, 2.05) is 0 Å². The topological polar surface area (TPSA) is 39.1 Å². The van der Waals surface area contributed by atoms with Crippen LogP contribution in [-0.4, -0.2) is 36.1 Å². The quantitative estimate of drug-likeness (QED) is 0.871. The van der Waals surface area contributed by atoms with Crippen molar-refractivity contribution in [1.82, 2.24) is 15.1 Å². The Bertz CT molecular complexity index is 425. The number of hydrogen-bond acceptors (Lipinski definition) is 3. The molecule has 4 nitrogen and oxygen atoms in total. The van der Waals surface area contributed by atoms with Crippen LogP contribution >= 0.6 is 15.9 Å². The molecule has 108 valence electrons. The van der Waals surface area contributed by atoms with Crippen molar-refractivity contribution in [3.8, 4) is 0 Å². The standard InChI is InChI=1S/C14H24BrN3O/c1-4-16-9-14(6-7-19-10-14)8-12-13(15)11(3)17-18(12)5-2/h16H,4-10H2,1-3H3. The van der Waals surface area contributed by atoms with Gasteiger partial charge in [0.15, 0.2) is 0 Å². The van der Waals surface area contributed by atoms with Gasteiger partial charge in [0.05, 0.1) is 22.5 Å². The van der Waals surface area contributed by atoms with Crippen molar-refractivity contribution < 1.29 is 4.74 Å². The first kappa shape index (κ1) is 15.0. The lowest BCUT2D eigenvalue weighted by atomic mass is 9.82. The summed E-state index contributed by atoms with van der Waals surface area (Å²) < 4.78 is 8.95. The van der Waals surface area contributed by atoms with Crippen LogP contribution in [0, 0.1) is 12.3 Å². The van der Waals surface area contributed by atoms with Crippen molar-refractivity contribution in [2.75, 3.05) is 26.3 Å². The lowest BCUT2D eigenvalue weighted by molar-refractivity contribution is 0.148. The van der Waals surface area contributed by atoms with Crippen molar-refractivity contribution in [1.29, 1.82) is 0 Å². The van der Waals surface area contributed by atoms with E-state index in [-0.39, 0.29) is 5.41 Å². The van der Waals surface area contributed by atoms with Crippen LogP contribution in [0.4, 0.5) is 0 Å². The van der Waals surface area contributed by atoms with Gasteiger partial charge in [0.25, 0.3) is 0 Å². The van der Waals surface area contributed by atoms with Crippen LogP contribution in [0.15, 0.2) is 4.47 Å². The summed E-state index contributed by atoms with van der Waals surface area (Å²) in [5.41, 5.74) is 2.61. The SMILES string of the molecule is CCNCC1(Cc2c(Br)c(C)nn2CC)CCOC1. The Hall–Kier alpha value is -0.390. The number of hydrogen-bond donors (Lipinski definition) is 1. The van der Waals surface area contributed by atoms with E-state index in [1.54, 1.807) is 0 Å². The van der Waals surface area contributed by atoms with Crippen LogP contribution in [0.1, 0.15) is 31.7 Å². The van der Waals surface area contributed by atoms with Crippen molar-refractivity contribution in [2.24, 2.45) is 5.41 Å². The molecule has 0 amide bonds. The van der Waals surface area contributed by atoms with Crippen LogP contribution in [0.3, 0.4) is 0 Å². The molecule has 1 N–H and O–H groups in total. The second kappa shape index (κ2) is 6.37. The van der Waals surface area contributed by atoms with Crippen LogP contribution in [0.25, 0.3) is 0 Å². The van der Waals surface area contributed by atoms with Gasteiger partial charge in [-0.2, -0.15) is 5.10 Å². The van der Waals surface area contributed by atoms with Gasteiger partial charge >= 0.3 is 0 Å². The fourth-order valence-electron chi connectivity index (χ4n) is 2.77. The molecule has 0 radical (unpaired) electrons. The molecule has 0 saturated carbocycles. The number of aromatic nitrogens is 2. The zero-order valence-corrected chi connectivity index (χ0v) is 13.7. The highest BCUT2D eigenvalue weighted by Gasteiger charge is 2.36. The number of aryl methyl sites for hydroxylation is 2. The average molecular weight is 330 g/mol. The molecule has 0 spiro atoms. The predicted molar refractivity (Wildman–Crippen MR) is 80.5 cm³/mol. The maximum Gasteiger partial charge on any atom is 0.0738 e. The van der Waals surface area contributed by atoms with E-state index in [0.717, 1.165) is 55.9 Å². The maximum absolute atomic E-state index is 5.66. The lowest BCUT2D eigenvalue weighted by Crippen LogP contribution is -2.37. The third kappa shape index (κ3) is 3.20. The van der Waals surface area contributed by atoms with Gasteiger partial charge < -0.3 is 10.1 Å². The minimum absolute atomic E-state index is 0.220.